The second-order valence-electron chi connectivity index (χ2n) is 7.88. The molecule has 0 spiro atoms. The van der Waals surface area contributed by atoms with Crippen LogP contribution in [-0.2, 0) is 19.3 Å². The van der Waals surface area contributed by atoms with E-state index in [-0.39, 0.29) is 0 Å². The predicted molar refractivity (Wildman–Crippen MR) is 111 cm³/mol. The first-order valence-corrected chi connectivity index (χ1v) is 9.81. The molecule has 132 valence electrons. The number of rotatable bonds is 0. The lowest BCUT2D eigenvalue weighted by molar-refractivity contribution is 0.946. The minimum absolute atomic E-state index is 0.878. The number of pyridine rings is 2. The highest BCUT2D eigenvalue weighted by molar-refractivity contribution is 5.91. The molecule has 0 unspecified atom stereocenters. The Morgan fingerprint density at radius 2 is 1.57 bits per heavy atom. The Hall–Kier alpha value is -3.46. The minimum Gasteiger partial charge on any atom is -0.306 e. The summed E-state index contributed by atoms with van der Waals surface area (Å²) in [5, 5.41) is 0. The molecule has 0 atom stereocenters. The van der Waals surface area contributed by atoms with E-state index < -0.39 is 0 Å². The number of nitrogens with zero attached hydrogens (tertiary/aromatic N) is 3. The van der Waals surface area contributed by atoms with Crippen molar-refractivity contribution in [2.45, 2.75) is 19.3 Å². The van der Waals surface area contributed by atoms with E-state index in [1.54, 1.807) is 0 Å². The number of benzene rings is 2. The topological polar surface area (TPSA) is 29.0 Å². The third-order valence-electron chi connectivity index (χ3n) is 6.48. The van der Waals surface area contributed by atoms with Gasteiger partial charge in [0, 0.05) is 25.2 Å². The van der Waals surface area contributed by atoms with Gasteiger partial charge in [0.15, 0.2) is 0 Å². The summed E-state index contributed by atoms with van der Waals surface area (Å²) in [7, 11) is 0. The van der Waals surface area contributed by atoms with E-state index in [0.29, 0.717) is 0 Å². The van der Waals surface area contributed by atoms with E-state index in [2.05, 4.69) is 58.4 Å². The molecule has 0 radical (unpaired) electrons. The summed E-state index contributed by atoms with van der Waals surface area (Å²) >= 11 is 0. The van der Waals surface area contributed by atoms with Crippen molar-refractivity contribution in [2.24, 2.45) is 0 Å². The average Bonchev–Trinajstić information content (AvgIpc) is 3.13. The zero-order valence-electron chi connectivity index (χ0n) is 15.3. The Bertz CT molecular complexity index is 1310. The highest BCUT2D eigenvalue weighted by atomic mass is 15.2. The van der Waals surface area contributed by atoms with E-state index in [9.17, 15) is 0 Å². The first-order valence-electron chi connectivity index (χ1n) is 9.81. The van der Waals surface area contributed by atoms with Gasteiger partial charge in [-0.1, -0.05) is 30.3 Å². The second kappa shape index (κ2) is 5.08. The fourth-order valence-corrected chi connectivity index (χ4v) is 5.26. The Morgan fingerprint density at radius 1 is 0.679 bits per heavy atom. The van der Waals surface area contributed by atoms with Gasteiger partial charge < -0.3 is 4.90 Å². The predicted octanol–water partition coefficient (Wildman–Crippen LogP) is 5.33. The highest BCUT2D eigenvalue weighted by Gasteiger charge is 2.35. The molecule has 1 aliphatic carbocycles. The van der Waals surface area contributed by atoms with E-state index in [0.717, 1.165) is 19.3 Å². The lowest BCUT2D eigenvalue weighted by atomic mass is 9.86. The molecule has 0 saturated carbocycles. The molecule has 28 heavy (non-hydrogen) atoms. The summed E-state index contributed by atoms with van der Waals surface area (Å²) in [6.07, 6.45) is 8.74. The molecule has 0 bridgehead atoms. The van der Waals surface area contributed by atoms with Gasteiger partial charge in [0.25, 0.3) is 0 Å². The maximum absolute atomic E-state index is 4.73. The third-order valence-corrected chi connectivity index (χ3v) is 6.48. The molecule has 2 aromatic heterocycles. The average molecular weight is 359 g/mol. The standard InChI is InChI=1S/C25H17N3/c1-2-4-18-15(3-1)11-20-19(18)5-6-23-21(20)12-17-8-10-27-22-13-16-7-9-26-14-24(16)28(23)25(17)22/h1-10,14H,11-13H2. The molecule has 2 aromatic carbocycles. The van der Waals surface area contributed by atoms with Crippen LogP contribution in [0.15, 0.2) is 67.1 Å². The van der Waals surface area contributed by atoms with Crippen LogP contribution in [0.3, 0.4) is 0 Å². The van der Waals surface area contributed by atoms with Gasteiger partial charge >= 0.3 is 0 Å². The summed E-state index contributed by atoms with van der Waals surface area (Å²) in [6.45, 7) is 0. The summed E-state index contributed by atoms with van der Waals surface area (Å²) in [6, 6.07) is 17.8. The Labute approximate surface area is 163 Å². The van der Waals surface area contributed by atoms with E-state index in [1.807, 2.05) is 18.6 Å². The smallest absolute Gasteiger partial charge is 0.0716 e. The zero-order chi connectivity index (χ0) is 18.2. The molecule has 4 aromatic rings. The van der Waals surface area contributed by atoms with Gasteiger partial charge in [0.05, 0.1) is 29.0 Å². The van der Waals surface area contributed by atoms with Crippen molar-refractivity contribution >= 4 is 17.1 Å². The van der Waals surface area contributed by atoms with Crippen LogP contribution < -0.4 is 4.90 Å². The van der Waals surface area contributed by atoms with Crippen molar-refractivity contribution in [3.05, 3.63) is 101 Å². The second-order valence-corrected chi connectivity index (χ2v) is 7.88. The fraction of sp³-hybridized carbons (Fsp3) is 0.120. The minimum atomic E-state index is 0.878. The maximum Gasteiger partial charge on any atom is 0.0716 e. The quantitative estimate of drug-likeness (QED) is 0.367. The van der Waals surface area contributed by atoms with Gasteiger partial charge in [-0.2, -0.15) is 0 Å². The molecule has 0 N–H and O–H groups in total. The monoisotopic (exact) mass is 359 g/mol. The van der Waals surface area contributed by atoms with Gasteiger partial charge in [0.2, 0.25) is 0 Å². The molecule has 0 saturated heterocycles. The first kappa shape index (κ1) is 14.6. The Morgan fingerprint density at radius 3 is 2.57 bits per heavy atom. The largest absolute Gasteiger partial charge is 0.306 e. The summed E-state index contributed by atoms with van der Waals surface area (Å²) in [4.78, 5) is 11.6. The Balaban J connectivity index is 1.52. The van der Waals surface area contributed by atoms with Gasteiger partial charge in [-0.15, -0.1) is 0 Å². The van der Waals surface area contributed by atoms with Crippen molar-refractivity contribution in [2.75, 3.05) is 4.90 Å². The van der Waals surface area contributed by atoms with E-state index >= 15 is 0 Å². The lowest BCUT2D eigenvalue weighted by Crippen LogP contribution is -2.26. The van der Waals surface area contributed by atoms with Crippen LogP contribution in [0.4, 0.5) is 17.1 Å². The van der Waals surface area contributed by atoms with Crippen LogP contribution in [0.1, 0.15) is 33.5 Å². The van der Waals surface area contributed by atoms with E-state index in [4.69, 9.17) is 4.98 Å². The van der Waals surface area contributed by atoms with Crippen LogP contribution in [0.5, 0.6) is 0 Å². The molecule has 2 aliphatic heterocycles. The molecule has 3 heteroatoms. The van der Waals surface area contributed by atoms with Crippen LogP contribution in [0.25, 0.3) is 11.1 Å². The SMILES string of the molecule is c1ccc2c(c1)Cc1c-2ccc2c1Cc1ccnc3c1N2c1cnccc1C3. The lowest BCUT2D eigenvalue weighted by Gasteiger charge is -2.39. The van der Waals surface area contributed by atoms with Gasteiger partial charge in [-0.05, 0) is 63.6 Å². The number of hydrogen-bond donors (Lipinski definition) is 0. The number of fused-ring (bicyclic) bond motifs is 8. The molecule has 4 heterocycles. The molecular formula is C25H17N3. The zero-order valence-corrected chi connectivity index (χ0v) is 15.3. The van der Waals surface area contributed by atoms with Crippen molar-refractivity contribution in [3.63, 3.8) is 0 Å². The summed E-state index contributed by atoms with van der Waals surface area (Å²) in [5.41, 5.74) is 14.8. The van der Waals surface area contributed by atoms with Gasteiger partial charge in [0.1, 0.15) is 0 Å². The first-order chi connectivity index (χ1) is 13.9. The van der Waals surface area contributed by atoms with Crippen LogP contribution in [0.2, 0.25) is 0 Å². The molecule has 0 fully saturated rings. The number of anilines is 3. The molecule has 0 amide bonds. The third kappa shape index (κ3) is 1.74. The Kier molecular flexibility index (Phi) is 2.64. The fourth-order valence-electron chi connectivity index (χ4n) is 5.26. The molecule has 3 nitrogen and oxygen atoms in total. The summed E-state index contributed by atoms with van der Waals surface area (Å²) in [5.74, 6) is 0. The normalized spacial score (nSPS) is 14.6. The van der Waals surface area contributed by atoms with Crippen molar-refractivity contribution in [3.8, 4) is 11.1 Å². The van der Waals surface area contributed by atoms with Gasteiger partial charge in [-0.3, -0.25) is 9.97 Å². The van der Waals surface area contributed by atoms with Crippen molar-refractivity contribution in [1.29, 1.82) is 0 Å². The van der Waals surface area contributed by atoms with E-state index in [1.165, 1.54) is 61.7 Å². The number of hydrogen-bond acceptors (Lipinski definition) is 3. The van der Waals surface area contributed by atoms with Crippen molar-refractivity contribution in [1.82, 2.24) is 9.97 Å². The van der Waals surface area contributed by atoms with Crippen LogP contribution >= 0.6 is 0 Å². The van der Waals surface area contributed by atoms with Crippen LogP contribution in [0, 0.1) is 0 Å². The number of aromatic nitrogens is 2. The van der Waals surface area contributed by atoms with Gasteiger partial charge in [-0.25, -0.2) is 0 Å². The highest BCUT2D eigenvalue weighted by Crippen LogP contribution is 2.52. The maximum atomic E-state index is 4.73. The molecule has 3 aliphatic rings. The molecule has 7 rings (SSSR count). The molecular weight excluding hydrogens is 342 g/mol. The van der Waals surface area contributed by atoms with Crippen LogP contribution in [-0.4, -0.2) is 9.97 Å². The van der Waals surface area contributed by atoms with Crippen molar-refractivity contribution < 1.29 is 0 Å². The summed E-state index contributed by atoms with van der Waals surface area (Å²) < 4.78 is 0.